The molecule has 1 N–H and O–H groups in total. The van der Waals surface area contributed by atoms with Crippen LogP contribution in [-0.2, 0) is 9.59 Å². The van der Waals surface area contributed by atoms with Crippen LogP contribution in [-0.4, -0.2) is 59.0 Å². The van der Waals surface area contributed by atoms with E-state index in [2.05, 4.69) is 0 Å². The summed E-state index contributed by atoms with van der Waals surface area (Å²) in [5.74, 6) is 1.11. The number of benzene rings is 1. The van der Waals surface area contributed by atoms with Crippen LogP contribution in [0.3, 0.4) is 0 Å². The van der Waals surface area contributed by atoms with Crippen molar-refractivity contribution >= 4 is 11.8 Å². The van der Waals surface area contributed by atoms with E-state index in [1.165, 1.54) is 12.1 Å². The van der Waals surface area contributed by atoms with Crippen molar-refractivity contribution in [2.75, 3.05) is 26.2 Å². The quantitative estimate of drug-likeness (QED) is 0.907. The molecular formula is C17H22N2O4. The second-order valence-electron chi connectivity index (χ2n) is 6.18. The number of hydrogen-bond donors (Lipinski definition) is 1. The number of aromatic hydroxyl groups is 1. The highest BCUT2D eigenvalue weighted by Gasteiger charge is 2.35. The molecule has 1 aliphatic carbocycles. The lowest BCUT2D eigenvalue weighted by atomic mass is 10.2. The van der Waals surface area contributed by atoms with Crippen molar-refractivity contribution in [2.24, 2.45) is 5.92 Å². The van der Waals surface area contributed by atoms with Gasteiger partial charge in [-0.25, -0.2) is 0 Å². The van der Waals surface area contributed by atoms with Gasteiger partial charge >= 0.3 is 0 Å². The first-order chi connectivity index (χ1) is 11.0. The zero-order valence-corrected chi connectivity index (χ0v) is 13.3. The van der Waals surface area contributed by atoms with Gasteiger partial charge in [-0.15, -0.1) is 0 Å². The van der Waals surface area contributed by atoms with Gasteiger partial charge in [-0.2, -0.15) is 0 Å². The van der Waals surface area contributed by atoms with Crippen LogP contribution in [0.2, 0.25) is 0 Å². The first-order valence-corrected chi connectivity index (χ1v) is 8.08. The van der Waals surface area contributed by atoms with E-state index in [-0.39, 0.29) is 23.5 Å². The third kappa shape index (κ3) is 3.75. The first-order valence-electron chi connectivity index (χ1n) is 8.08. The highest BCUT2D eigenvalue weighted by atomic mass is 16.5. The van der Waals surface area contributed by atoms with Gasteiger partial charge in [0.15, 0.2) is 6.10 Å². The number of nitrogens with zero attached hydrogens (tertiary/aromatic N) is 2. The average molecular weight is 318 g/mol. The summed E-state index contributed by atoms with van der Waals surface area (Å²) in [7, 11) is 0. The second kappa shape index (κ2) is 6.48. The van der Waals surface area contributed by atoms with E-state index in [0.717, 1.165) is 12.8 Å². The molecule has 1 unspecified atom stereocenters. The Hall–Kier alpha value is -2.24. The van der Waals surface area contributed by atoms with Gasteiger partial charge in [-0.05, 0) is 44.0 Å². The predicted molar refractivity (Wildman–Crippen MR) is 84.1 cm³/mol. The predicted octanol–water partition coefficient (Wildman–Crippen LogP) is 1.24. The van der Waals surface area contributed by atoms with Crippen LogP contribution in [0.5, 0.6) is 11.5 Å². The maximum atomic E-state index is 12.4. The number of ether oxygens (including phenoxy) is 1. The van der Waals surface area contributed by atoms with Gasteiger partial charge in [0.25, 0.3) is 5.91 Å². The van der Waals surface area contributed by atoms with Crippen LogP contribution in [0.15, 0.2) is 24.3 Å². The van der Waals surface area contributed by atoms with E-state index in [9.17, 15) is 14.7 Å². The fourth-order valence-corrected chi connectivity index (χ4v) is 2.77. The highest BCUT2D eigenvalue weighted by molar-refractivity contribution is 5.83. The number of carbonyl (C=O) groups excluding carboxylic acids is 2. The second-order valence-corrected chi connectivity index (χ2v) is 6.18. The SMILES string of the molecule is CC(Oc1ccc(O)cc1)C(=O)N1CCN(C(=O)C2CC2)CC1. The van der Waals surface area contributed by atoms with Crippen LogP contribution in [0.1, 0.15) is 19.8 Å². The van der Waals surface area contributed by atoms with Crippen LogP contribution in [0.4, 0.5) is 0 Å². The molecule has 2 aliphatic rings. The molecule has 0 spiro atoms. The molecule has 2 amide bonds. The Labute approximate surface area is 135 Å². The van der Waals surface area contributed by atoms with Crippen LogP contribution in [0, 0.1) is 5.92 Å². The average Bonchev–Trinajstić information content (AvgIpc) is 3.41. The van der Waals surface area contributed by atoms with Gasteiger partial charge in [0.05, 0.1) is 0 Å². The van der Waals surface area contributed by atoms with Crippen molar-refractivity contribution in [3.05, 3.63) is 24.3 Å². The van der Waals surface area contributed by atoms with Gasteiger partial charge in [0, 0.05) is 32.1 Å². The monoisotopic (exact) mass is 318 g/mol. The largest absolute Gasteiger partial charge is 0.508 e. The lowest BCUT2D eigenvalue weighted by Crippen LogP contribution is -2.53. The normalized spacial score (nSPS) is 19.3. The molecule has 124 valence electrons. The summed E-state index contributed by atoms with van der Waals surface area (Å²) < 4.78 is 5.62. The van der Waals surface area contributed by atoms with Gasteiger partial charge in [-0.3, -0.25) is 9.59 Å². The minimum atomic E-state index is -0.592. The van der Waals surface area contributed by atoms with E-state index >= 15 is 0 Å². The number of phenols is 1. The molecule has 1 aromatic carbocycles. The molecule has 1 saturated heterocycles. The summed E-state index contributed by atoms with van der Waals surface area (Å²) in [4.78, 5) is 28.1. The number of carbonyl (C=O) groups is 2. The molecule has 1 saturated carbocycles. The standard InChI is InChI=1S/C17H22N2O4/c1-12(23-15-6-4-14(20)5-7-15)16(21)18-8-10-19(11-9-18)17(22)13-2-3-13/h4-7,12-13,20H,2-3,8-11H2,1H3. The Morgan fingerprint density at radius 2 is 1.65 bits per heavy atom. The van der Waals surface area contributed by atoms with E-state index in [1.807, 2.05) is 4.90 Å². The Morgan fingerprint density at radius 3 is 2.22 bits per heavy atom. The van der Waals surface area contributed by atoms with Crippen molar-refractivity contribution in [3.8, 4) is 11.5 Å². The fourth-order valence-electron chi connectivity index (χ4n) is 2.77. The Bertz CT molecular complexity index is 575. The summed E-state index contributed by atoms with van der Waals surface area (Å²) in [5, 5.41) is 9.25. The molecule has 1 aliphatic heterocycles. The Balaban J connectivity index is 1.50. The zero-order chi connectivity index (χ0) is 16.4. The molecule has 0 radical (unpaired) electrons. The number of piperazine rings is 1. The summed E-state index contributed by atoms with van der Waals surface area (Å²) in [5.41, 5.74) is 0. The molecule has 2 fully saturated rings. The van der Waals surface area contributed by atoms with Crippen molar-refractivity contribution in [1.82, 2.24) is 9.80 Å². The molecule has 3 rings (SSSR count). The minimum absolute atomic E-state index is 0.0726. The van der Waals surface area contributed by atoms with Gasteiger partial charge in [0.1, 0.15) is 11.5 Å². The van der Waals surface area contributed by atoms with Crippen molar-refractivity contribution in [3.63, 3.8) is 0 Å². The van der Waals surface area contributed by atoms with Crippen molar-refractivity contribution in [1.29, 1.82) is 0 Å². The molecule has 6 heteroatoms. The van der Waals surface area contributed by atoms with Gasteiger partial charge < -0.3 is 19.6 Å². The fraction of sp³-hybridized carbons (Fsp3) is 0.529. The molecule has 1 atom stereocenters. The Kier molecular flexibility index (Phi) is 4.41. The summed E-state index contributed by atoms with van der Waals surface area (Å²) >= 11 is 0. The number of rotatable bonds is 4. The summed E-state index contributed by atoms with van der Waals surface area (Å²) in [6.45, 7) is 4.04. The highest BCUT2D eigenvalue weighted by Crippen LogP contribution is 2.31. The smallest absolute Gasteiger partial charge is 0.263 e. The van der Waals surface area contributed by atoms with Crippen LogP contribution >= 0.6 is 0 Å². The minimum Gasteiger partial charge on any atom is -0.508 e. The van der Waals surface area contributed by atoms with E-state index in [0.29, 0.717) is 31.9 Å². The van der Waals surface area contributed by atoms with Crippen molar-refractivity contribution < 1.29 is 19.4 Å². The third-order valence-corrected chi connectivity index (χ3v) is 4.33. The first kappa shape index (κ1) is 15.6. The number of phenolic OH excluding ortho intramolecular Hbond substituents is 1. The molecular weight excluding hydrogens is 296 g/mol. The Morgan fingerprint density at radius 1 is 1.09 bits per heavy atom. The summed E-state index contributed by atoms with van der Waals surface area (Å²) in [6, 6.07) is 6.31. The molecule has 1 heterocycles. The third-order valence-electron chi connectivity index (χ3n) is 4.33. The zero-order valence-electron chi connectivity index (χ0n) is 13.3. The molecule has 23 heavy (non-hydrogen) atoms. The maximum absolute atomic E-state index is 12.4. The molecule has 1 aromatic rings. The molecule has 0 aromatic heterocycles. The maximum Gasteiger partial charge on any atom is 0.263 e. The lowest BCUT2D eigenvalue weighted by molar-refractivity contribution is -0.144. The van der Waals surface area contributed by atoms with E-state index < -0.39 is 6.10 Å². The summed E-state index contributed by atoms with van der Waals surface area (Å²) in [6.07, 6.45) is 1.43. The molecule has 0 bridgehead atoms. The van der Waals surface area contributed by atoms with Gasteiger partial charge in [0.2, 0.25) is 5.91 Å². The van der Waals surface area contributed by atoms with Crippen LogP contribution in [0.25, 0.3) is 0 Å². The van der Waals surface area contributed by atoms with E-state index in [1.54, 1.807) is 24.0 Å². The number of amides is 2. The lowest BCUT2D eigenvalue weighted by Gasteiger charge is -2.36. The van der Waals surface area contributed by atoms with Crippen LogP contribution < -0.4 is 4.74 Å². The van der Waals surface area contributed by atoms with E-state index in [4.69, 9.17) is 4.74 Å². The number of hydrogen-bond acceptors (Lipinski definition) is 4. The molecule has 6 nitrogen and oxygen atoms in total. The topological polar surface area (TPSA) is 70.1 Å². The van der Waals surface area contributed by atoms with Gasteiger partial charge in [-0.1, -0.05) is 0 Å². The van der Waals surface area contributed by atoms with Crippen molar-refractivity contribution in [2.45, 2.75) is 25.9 Å².